The van der Waals surface area contributed by atoms with E-state index in [1.807, 2.05) is 0 Å². The Balaban J connectivity index is 1.72. The third-order valence-electron chi connectivity index (χ3n) is 3.62. The molecule has 0 saturated carbocycles. The van der Waals surface area contributed by atoms with Crippen molar-refractivity contribution in [3.8, 4) is 0 Å². The van der Waals surface area contributed by atoms with Gasteiger partial charge in [0, 0.05) is 19.6 Å². The van der Waals surface area contributed by atoms with Crippen LogP contribution in [-0.4, -0.2) is 38.9 Å². The summed E-state index contributed by atoms with van der Waals surface area (Å²) in [5, 5.41) is 3.31. The number of methoxy groups -OCH3 is 1. The van der Waals surface area contributed by atoms with Crippen LogP contribution in [0.2, 0.25) is 0 Å². The van der Waals surface area contributed by atoms with Crippen LogP contribution in [0.15, 0.2) is 0 Å². The molecule has 1 fully saturated rings. The molecule has 4 heteroatoms. The van der Waals surface area contributed by atoms with Crippen molar-refractivity contribution in [2.24, 2.45) is 0 Å². The summed E-state index contributed by atoms with van der Waals surface area (Å²) in [4.78, 5) is 10.9. The van der Waals surface area contributed by atoms with Gasteiger partial charge in [-0.1, -0.05) is 32.1 Å². The van der Waals surface area contributed by atoms with Crippen LogP contribution in [0, 0.1) is 0 Å². The fraction of sp³-hybridized carbons (Fsp3) is 0.933. The van der Waals surface area contributed by atoms with Crippen LogP contribution in [0.4, 0.5) is 0 Å². The number of nitrogens with one attached hydrogen (secondary N) is 1. The van der Waals surface area contributed by atoms with Gasteiger partial charge in [-0.25, -0.2) is 0 Å². The van der Waals surface area contributed by atoms with E-state index in [9.17, 15) is 4.79 Å². The largest absolute Gasteiger partial charge is 0.469 e. The highest BCUT2D eigenvalue weighted by Crippen LogP contribution is 2.10. The first kappa shape index (κ1) is 16.4. The summed E-state index contributed by atoms with van der Waals surface area (Å²) < 4.78 is 10.4. The first-order chi connectivity index (χ1) is 9.33. The third-order valence-corrected chi connectivity index (χ3v) is 3.62. The van der Waals surface area contributed by atoms with Gasteiger partial charge in [0.05, 0.1) is 13.2 Å². The second kappa shape index (κ2) is 11.2. The van der Waals surface area contributed by atoms with E-state index in [2.05, 4.69) is 10.1 Å². The number of unbranched alkanes of at least 4 members (excludes halogenated alkanes) is 6. The minimum absolute atomic E-state index is 0.0847. The van der Waals surface area contributed by atoms with E-state index in [0.717, 1.165) is 32.5 Å². The van der Waals surface area contributed by atoms with Crippen molar-refractivity contribution in [2.75, 3.05) is 26.8 Å². The van der Waals surface area contributed by atoms with Crippen molar-refractivity contribution in [3.05, 3.63) is 0 Å². The first-order valence-electron chi connectivity index (χ1n) is 7.72. The molecule has 1 aliphatic rings. The third kappa shape index (κ3) is 9.00. The zero-order valence-electron chi connectivity index (χ0n) is 12.3. The molecule has 1 N–H and O–H groups in total. The van der Waals surface area contributed by atoms with Crippen LogP contribution in [0.25, 0.3) is 0 Å². The van der Waals surface area contributed by atoms with Gasteiger partial charge in [0.15, 0.2) is 0 Å². The predicted molar refractivity (Wildman–Crippen MR) is 76.2 cm³/mol. The molecule has 0 aromatic carbocycles. The van der Waals surface area contributed by atoms with E-state index in [4.69, 9.17) is 4.74 Å². The van der Waals surface area contributed by atoms with Crippen LogP contribution >= 0.6 is 0 Å². The first-order valence-corrected chi connectivity index (χ1v) is 7.72. The Labute approximate surface area is 117 Å². The van der Waals surface area contributed by atoms with Crippen LogP contribution in [0.5, 0.6) is 0 Å². The Hall–Kier alpha value is -0.610. The highest BCUT2D eigenvalue weighted by atomic mass is 16.5. The number of ether oxygens (including phenoxy) is 2. The average Bonchev–Trinajstić information content (AvgIpc) is 2.93. The van der Waals surface area contributed by atoms with Crippen molar-refractivity contribution >= 4 is 5.97 Å². The average molecular weight is 271 g/mol. The maximum absolute atomic E-state index is 10.9. The molecule has 1 aliphatic heterocycles. The molecule has 0 aromatic rings. The zero-order chi connectivity index (χ0) is 13.8. The molecule has 1 rings (SSSR count). The lowest BCUT2D eigenvalue weighted by Crippen LogP contribution is -2.17. The summed E-state index contributed by atoms with van der Waals surface area (Å²) in [7, 11) is 1.45. The quantitative estimate of drug-likeness (QED) is 0.463. The Morgan fingerprint density at radius 1 is 1.11 bits per heavy atom. The normalized spacial score (nSPS) is 18.7. The van der Waals surface area contributed by atoms with Crippen molar-refractivity contribution < 1.29 is 14.3 Å². The molecular formula is C15H29NO3. The van der Waals surface area contributed by atoms with E-state index in [1.54, 1.807) is 0 Å². The fourth-order valence-electron chi connectivity index (χ4n) is 2.38. The maximum Gasteiger partial charge on any atom is 0.305 e. The molecule has 0 spiro atoms. The Kier molecular flexibility index (Phi) is 9.72. The van der Waals surface area contributed by atoms with Crippen LogP contribution in [0.3, 0.4) is 0 Å². The summed E-state index contributed by atoms with van der Waals surface area (Å²) in [6.07, 6.45) is 10.5. The predicted octanol–water partition coefficient (Wildman–Crippen LogP) is 2.66. The van der Waals surface area contributed by atoms with E-state index in [1.165, 1.54) is 45.6 Å². The number of esters is 1. The molecule has 0 amide bonds. The van der Waals surface area contributed by atoms with Gasteiger partial charge in [-0.2, -0.15) is 0 Å². The summed E-state index contributed by atoms with van der Waals surface area (Å²) in [5.74, 6) is -0.0847. The summed E-state index contributed by atoms with van der Waals surface area (Å²) in [6, 6.07) is 0. The lowest BCUT2D eigenvalue weighted by molar-refractivity contribution is -0.140. The number of rotatable bonds is 11. The molecule has 4 nitrogen and oxygen atoms in total. The Bertz CT molecular complexity index is 227. The summed E-state index contributed by atoms with van der Waals surface area (Å²) in [6.45, 7) is 3.05. The molecule has 1 heterocycles. The van der Waals surface area contributed by atoms with Gasteiger partial charge in [-0.05, 0) is 25.8 Å². The molecule has 0 bridgehead atoms. The molecule has 0 aromatic heterocycles. The SMILES string of the molecule is COC(=O)CCCCCCCCCOC1CCNC1. The van der Waals surface area contributed by atoms with Gasteiger partial charge in [-0.3, -0.25) is 4.79 Å². The lowest BCUT2D eigenvalue weighted by Gasteiger charge is -2.09. The highest BCUT2D eigenvalue weighted by Gasteiger charge is 2.13. The number of hydrogen-bond donors (Lipinski definition) is 1. The smallest absolute Gasteiger partial charge is 0.305 e. The maximum atomic E-state index is 10.9. The number of carbonyl (C=O) groups excluding carboxylic acids is 1. The molecule has 112 valence electrons. The molecular weight excluding hydrogens is 242 g/mol. The molecule has 0 aliphatic carbocycles. The Morgan fingerprint density at radius 2 is 1.79 bits per heavy atom. The van der Waals surface area contributed by atoms with Gasteiger partial charge in [0.25, 0.3) is 0 Å². The van der Waals surface area contributed by atoms with Crippen molar-refractivity contribution in [2.45, 2.75) is 63.9 Å². The molecule has 1 atom stereocenters. The van der Waals surface area contributed by atoms with Crippen LogP contribution in [0.1, 0.15) is 57.8 Å². The zero-order valence-corrected chi connectivity index (χ0v) is 12.3. The van der Waals surface area contributed by atoms with E-state index in [0.29, 0.717) is 12.5 Å². The van der Waals surface area contributed by atoms with Gasteiger partial charge in [0.2, 0.25) is 0 Å². The van der Waals surface area contributed by atoms with Gasteiger partial charge in [-0.15, -0.1) is 0 Å². The fourth-order valence-corrected chi connectivity index (χ4v) is 2.38. The van der Waals surface area contributed by atoms with Crippen LogP contribution in [-0.2, 0) is 14.3 Å². The minimum atomic E-state index is -0.0847. The van der Waals surface area contributed by atoms with Gasteiger partial charge in [0.1, 0.15) is 0 Å². The van der Waals surface area contributed by atoms with Crippen molar-refractivity contribution in [3.63, 3.8) is 0 Å². The number of hydrogen-bond acceptors (Lipinski definition) is 4. The number of carbonyl (C=O) groups is 1. The molecule has 1 saturated heterocycles. The Morgan fingerprint density at radius 3 is 2.42 bits per heavy atom. The molecule has 0 radical (unpaired) electrons. The van der Waals surface area contributed by atoms with Crippen LogP contribution < -0.4 is 5.32 Å². The second-order valence-corrected chi connectivity index (χ2v) is 5.29. The lowest BCUT2D eigenvalue weighted by atomic mass is 10.1. The summed E-state index contributed by atoms with van der Waals surface area (Å²) >= 11 is 0. The van der Waals surface area contributed by atoms with Gasteiger partial charge < -0.3 is 14.8 Å². The minimum Gasteiger partial charge on any atom is -0.469 e. The van der Waals surface area contributed by atoms with E-state index in [-0.39, 0.29) is 5.97 Å². The van der Waals surface area contributed by atoms with E-state index < -0.39 is 0 Å². The molecule has 1 unspecified atom stereocenters. The van der Waals surface area contributed by atoms with E-state index >= 15 is 0 Å². The topological polar surface area (TPSA) is 47.6 Å². The van der Waals surface area contributed by atoms with Crippen molar-refractivity contribution in [1.82, 2.24) is 5.32 Å². The van der Waals surface area contributed by atoms with Gasteiger partial charge >= 0.3 is 5.97 Å². The standard InChI is InChI=1S/C15H29NO3/c1-18-15(17)9-7-5-3-2-4-6-8-12-19-14-10-11-16-13-14/h14,16H,2-13H2,1H3. The molecule has 19 heavy (non-hydrogen) atoms. The summed E-state index contributed by atoms with van der Waals surface area (Å²) in [5.41, 5.74) is 0. The monoisotopic (exact) mass is 271 g/mol. The second-order valence-electron chi connectivity index (χ2n) is 5.29. The highest BCUT2D eigenvalue weighted by molar-refractivity contribution is 5.68. The van der Waals surface area contributed by atoms with Crippen molar-refractivity contribution in [1.29, 1.82) is 0 Å².